The normalized spacial score (nSPS) is 26.8. The third kappa shape index (κ3) is 2.57. The number of aryl methyl sites for hydroxylation is 1. The van der Waals surface area contributed by atoms with Crippen LogP contribution >= 0.6 is 0 Å². The Balaban J connectivity index is 1.49. The van der Waals surface area contributed by atoms with Crippen LogP contribution in [-0.2, 0) is 6.54 Å². The molecule has 0 amide bonds. The largest absolute Gasteiger partial charge is 0.314 e. The quantitative estimate of drug-likeness (QED) is 0.877. The van der Waals surface area contributed by atoms with Gasteiger partial charge in [-0.05, 0) is 58.2 Å². The second-order valence-corrected chi connectivity index (χ2v) is 5.61. The predicted molar refractivity (Wildman–Crippen MR) is 68.1 cm³/mol. The Morgan fingerprint density at radius 1 is 1.28 bits per heavy atom. The van der Waals surface area contributed by atoms with Gasteiger partial charge in [-0.15, -0.1) is 0 Å². The van der Waals surface area contributed by atoms with Gasteiger partial charge >= 0.3 is 0 Å². The number of rotatable bonds is 3. The van der Waals surface area contributed by atoms with E-state index in [9.17, 15) is 0 Å². The second-order valence-electron chi connectivity index (χ2n) is 5.61. The smallest absolute Gasteiger partial charge is 0.122 e. The van der Waals surface area contributed by atoms with E-state index in [1.807, 2.05) is 6.92 Å². The maximum Gasteiger partial charge on any atom is 0.122 e. The Labute approximate surface area is 108 Å². The lowest BCUT2D eigenvalue weighted by Crippen LogP contribution is -2.40. The van der Waals surface area contributed by atoms with Crippen LogP contribution in [0.2, 0.25) is 0 Å². The highest BCUT2D eigenvalue weighted by molar-refractivity contribution is 5.04. The molecule has 1 aromatic heterocycles. The lowest BCUT2D eigenvalue weighted by Gasteiger charge is -2.34. The Kier molecular flexibility index (Phi) is 3.61. The highest BCUT2D eigenvalue weighted by Crippen LogP contribution is 2.26. The van der Waals surface area contributed by atoms with Gasteiger partial charge in [0.15, 0.2) is 0 Å². The summed E-state index contributed by atoms with van der Waals surface area (Å²) in [7, 11) is 0. The van der Waals surface area contributed by atoms with E-state index in [-0.39, 0.29) is 0 Å². The molecule has 1 aromatic rings. The zero-order valence-corrected chi connectivity index (χ0v) is 11.1. The number of nitrogens with one attached hydrogen (secondary N) is 1. The lowest BCUT2D eigenvalue weighted by atomic mass is 9.88. The van der Waals surface area contributed by atoms with Crippen molar-refractivity contribution in [1.82, 2.24) is 20.5 Å². The van der Waals surface area contributed by atoms with Crippen molar-refractivity contribution in [1.29, 1.82) is 0 Å². The average molecular weight is 250 g/mol. The molecule has 3 rings (SSSR count). The van der Waals surface area contributed by atoms with Crippen LogP contribution in [0.3, 0.4) is 0 Å². The summed E-state index contributed by atoms with van der Waals surface area (Å²) in [6.45, 7) is 6.42. The van der Waals surface area contributed by atoms with Crippen molar-refractivity contribution in [3.8, 4) is 0 Å². The predicted octanol–water partition coefficient (Wildman–Crippen LogP) is 1.34. The molecule has 2 aliphatic rings. The van der Waals surface area contributed by atoms with Crippen molar-refractivity contribution in [3.05, 3.63) is 11.4 Å². The number of hydrogen-bond acceptors (Lipinski definition) is 5. The van der Waals surface area contributed by atoms with Crippen LogP contribution in [0.4, 0.5) is 0 Å². The van der Waals surface area contributed by atoms with Gasteiger partial charge in [-0.3, -0.25) is 4.90 Å². The second kappa shape index (κ2) is 5.36. The first-order chi connectivity index (χ1) is 8.83. The summed E-state index contributed by atoms with van der Waals surface area (Å²) in [4.78, 5) is 2.47. The number of hydrogen-bond donors (Lipinski definition) is 1. The van der Waals surface area contributed by atoms with Crippen molar-refractivity contribution in [2.45, 2.75) is 45.2 Å². The van der Waals surface area contributed by atoms with E-state index in [1.54, 1.807) is 0 Å². The van der Waals surface area contributed by atoms with Crippen LogP contribution < -0.4 is 5.32 Å². The summed E-state index contributed by atoms with van der Waals surface area (Å²) in [6, 6.07) is 0.780. The molecule has 0 bridgehead atoms. The van der Waals surface area contributed by atoms with Crippen molar-refractivity contribution >= 4 is 0 Å². The maximum atomic E-state index is 4.75. The zero-order valence-electron chi connectivity index (χ0n) is 11.1. The topological polar surface area (TPSA) is 54.2 Å². The minimum atomic E-state index is 0.780. The molecule has 1 atom stereocenters. The van der Waals surface area contributed by atoms with E-state index in [2.05, 4.69) is 20.5 Å². The molecule has 2 aliphatic heterocycles. The van der Waals surface area contributed by atoms with E-state index >= 15 is 0 Å². The van der Waals surface area contributed by atoms with Gasteiger partial charge in [0.1, 0.15) is 11.4 Å². The summed E-state index contributed by atoms with van der Waals surface area (Å²) < 4.78 is 4.75. The van der Waals surface area contributed by atoms with Gasteiger partial charge in [-0.1, -0.05) is 10.3 Å². The molecule has 1 unspecified atom stereocenters. The van der Waals surface area contributed by atoms with Gasteiger partial charge in [0.05, 0.1) is 0 Å². The highest BCUT2D eigenvalue weighted by Gasteiger charge is 2.28. The van der Waals surface area contributed by atoms with Crippen molar-refractivity contribution < 1.29 is 4.63 Å². The van der Waals surface area contributed by atoms with Crippen LogP contribution in [0.25, 0.3) is 0 Å². The molecule has 5 heteroatoms. The lowest BCUT2D eigenvalue weighted by molar-refractivity contribution is 0.154. The van der Waals surface area contributed by atoms with Crippen LogP contribution in [0.15, 0.2) is 4.63 Å². The van der Waals surface area contributed by atoms with Gasteiger partial charge < -0.3 is 5.32 Å². The molecule has 0 aromatic carbocycles. The molecular formula is C13H22N4O. The molecule has 1 N–H and O–H groups in total. The van der Waals surface area contributed by atoms with Crippen LogP contribution in [0.5, 0.6) is 0 Å². The van der Waals surface area contributed by atoms with Crippen LogP contribution in [0.1, 0.15) is 37.1 Å². The molecule has 100 valence electrons. The van der Waals surface area contributed by atoms with E-state index < -0.39 is 0 Å². The Hall–Kier alpha value is -0.940. The first-order valence-electron chi connectivity index (χ1n) is 7.06. The fourth-order valence-corrected chi connectivity index (χ4v) is 3.23. The van der Waals surface area contributed by atoms with E-state index in [4.69, 9.17) is 4.63 Å². The third-order valence-corrected chi connectivity index (χ3v) is 4.42. The van der Waals surface area contributed by atoms with Gasteiger partial charge in [0, 0.05) is 12.6 Å². The van der Waals surface area contributed by atoms with Crippen LogP contribution in [0, 0.1) is 12.8 Å². The van der Waals surface area contributed by atoms with Crippen molar-refractivity contribution in [2.24, 2.45) is 5.92 Å². The van der Waals surface area contributed by atoms with E-state index in [0.29, 0.717) is 0 Å². The number of likely N-dealkylation sites (tertiary alicyclic amines) is 1. The molecule has 3 heterocycles. The molecule has 18 heavy (non-hydrogen) atoms. The molecule has 0 saturated carbocycles. The number of piperidine rings is 1. The van der Waals surface area contributed by atoms with Crippen molar-refractivity contribution in [3.63, 3.8) is 0 Å². The monoisotopic (exact) mass is 250 g/mol. The Morgan fingerprint density at radius 2 is 2.11 bits per heavy atom. The molecule has 0 radical (unpaired) electrons. The molecular weight excluding hydrogens is 228 g/mol. The maximum absolute atomic E-state index is 4.75. The summed E-state index contributed by atoms with van der Waals surface area (Å²) in [5, 5.41) is 11.4. The molecule has 0 aliphatic carbocycles. The zero-order chi connectivity index (χ0) is 12.4. The first kappa shape index (κ1) is 12.1. The molecule has 2 saturated heterocycles. The summed E-state index contributed by atoms with van der Waals surface area (Å²) in [5.74, 6) is 0.875. The van der Waals surface area contributed by atoms with E-state index in [0.717, 1.165) is 29.9 Å². The average Bonchev–Trinajstić information content (AvgIpc) is 3.03. The fraction of sp³-hybridized carbons (Fsp3) is 0.846. The Morgan fingerprint density at radius 3 is 2.72 bits per heavy atom. The minimum Gasteiger partial charge on any atom is -0.314 e. The standard InChI is InChI=1S/C13H22N4O/c1-10-13(16-18-15-10)9-17-7-4-11(5-8-17)12-3-2-6-14-12/h11-12,14H,2-9H2,1H3. The molecule has 5 nitrogen and oxygen atoms in total. The fourth-order valence-electron chi connectivity index (χ4n) is 3.23. The summed E-state index contributed by atoms with van der Waals surface area (Å²) in [5.41, 5.74) is 1.92. The van der Waals surface area contributed by atoms with Gasteiger partial charge in [0.25, 0.3) is 0 Å². The summed E-state index contributed by atoms with van der Waals surface area (Å²) in [6.07, 6.45) is 5.34. The Bertz CT molecular complexity index is 378. The molecule has 0 spiro atoms. The first-order valence-corrected chi connectivity index (χ1v) is 7.06. The van der Waals surface area contributed by atoms with Gasteiger partial charge in [0.2, 0.25) is 0 Å². The van der Waals surface area contributed by atoms with Gasteiger partial charge in [-0.2, -0.15) is 0 Å². The van der Waals surface area contributed by atoms with E-state index in [1.165, 1.54) is 45.3 Å². The SMILES string of the molecule is Cc1nonc1CN1CCC(C2CCCN2)CC1. The number of aromatic nitrogens is 2. The summed E-state index contributed by atoms with van der Waals surface area (Å²) >= 11 is 0. The molecule has 2 fully saturated rings. The number of nitrogens with zero attached hydrogens (tertiary/aromatic N) is 3. The van der Waals surface area contributed by atoms with Crippen molar-refractivity contribution in [2.75, 3.05) is 19.6 Å². The van der Waals surface area contributed by atoms with Gasteiger partial charge in [-0.25, -0.2) is 4.63 Å². The third-order valence-electron chi connectivity index (χ3n) is 4.42. The van der Waals surface area contributed by atoms with Crippen LogP contribution in [-0.4, -0.2) is 40.9 Å². The highest BCUT2D eigenvalue weighted by atomic mass is 16.6. The minimum absolute atomic E-state index is 0.780.